The second-order valence-electron chi connectivity index (χ2n) is 10.1. The SMILES string of the molecule is COCCN[C@@H]1CC[C@@H](C(=O)NC(c2ccc(Cl)cc2)C(C)C)[C@H](c2ccccc2C)C1.O=C(O)C(F)(F)F. The number of rotatable bonds is 9. The van der Waals surface area contributed by atoms with E-state index in [1.54, 1.807) is 7.11 Å². The molecule has 0 radical (unpaired) electrons. The molecule has 3 N–H and O–H groups in total. The summed E-state index contributed by atoms with van der Waals surface area (Å²) in [7, 11) is 1.73. The van der Waals surface area contributed by atoms with Crippen molar-refractivity contribution < 1.29 is 32.6 Å². The van der Waals surface area contributed by atoms with E-state index in [0.717, 1.165) is 31.4 Å². The van der Waals surface area contributed by atoms with Gasteiger partial charge >= 0.3 is 12.1 Å². The van der Waals surface area contributed by atoms with Gasteiger partial charge < -0.3 is 20.5 Å². The number of aliphatic carboxylic acids is 1. The third-order valence-corrected chi connectivity index (χ3v) is 7.20. The summed E-state index contributed by atoms with van der Waals surface area (Å²) in [5.41, 5.74) is 3.64. The van der Waals surface area contributed by atoms with E-state index in [-0.39, 0.29) is 29.7 Å². The first-order valence-corrected chi connectivity index (χ1v) is 13.4. The van der Waals surface area contributed by atoms with E-state index < -0.39 is 12.1 Å². The van der Waals surface area contributed by atoms with Crippen LogP contribution in [-0.2, 0) is 14.3 Å². The minimum atomic E-state index is -5.08. The quantitative estimate of drug-likeness (QED) is 0.309. The molecule has 2 aromatic rings. The number of carbonyl (C=O) groups is 2. The van der Waals surface area contributed by atoms with E-state index in [9.17, 15) is 18.0 Å². The van der Waals surface area contributed by atoms with Crippen molar-refractivity contribution in [1.29, 1.82) is 0 Å². The fourth-order valence-corrected chi connectivity index (χ4v) is 5.07. The van der Waals surface area contributed by atoms with Crippen LogP contribution in [0.5, 0.6) is 0 Å². The van der Waals surface area contributed by atoms with Gasteiger partial charge in [0.1, 0.15) is 0 Å². The Bertz CT molecular complexity index is 1060. The van der Waals surface area contributed by atoms with Crippen LogP contribution in [0.3, 0.4) is 0 Å². The number of hydrogen-bond donors (Lipinski definition) is 3. The Morgan fingerprint density at radius 2 is 1.72 bits per heavy atom. The van der Waals surface area contributed by atoms with Crippen molar-refractivity contribution in [3.63, 3.8) is 0 Å². The Morgan fingerprint density at radius 1 is 1.10 bits per heavy atom. The molecule has 0 spiro atoms. The number of benzene rings is 2. The predicted octanol–water partition coefficient (Wildman–Crippen LogP) is 6.28. The first-order valence-electron chi connectivity index (χ1n) is 13.0. The number of ether oxygens (including phenoxy) is 1. The first kappa shape index (κ1) is 32.6. The summed E-state index contributed by atoms with van der Waals surface area (Å²) in [6, 6.07) is 16.7. The summed E-state index contributed by atoms with van der Waals surface area (Å²) in [5.74, 6) is -2.16. The zero-order valence-corrected chi connectivity index (χ0v) is 23.5. The first-order chi connectivity index (χ1) is 18.3. The number of methoxy groups -OCH3 is 1. The standard InChI is InChI=1S/C27H37ClN2O2.C2HF3O2/c1-18(2)26(20-9-11-21(28)12-10-20)30-27(31)24-14-13-22(29-15-16-32-4)17-25(24)23-8-6-5-7-19(23)3;3-2(4,5)1(6)7/h5-12,18,22,24-26,29H,13-17H2,1-4H3,(H,30,31);(H,6,7)/t22-,24-,25+,26?;/m1./s1. The lowest BCUT2D eigenvalue weighted by Crippen LogP contribution is -2.44. The van der Waals surface area contributed by atoms with Crippen LogP contribution in [0.1, 0.15) is 61.8 Å². The maximum atomic E-state index is 13.6. The summed E-state index contributed by atoms with van der Waals surface area (Å²) in [6.45, 7) is 7.98. The van der Waals surface area contributed by atoms with Gasteiger partial charge in [-0.3, -0.25) is 4.79 Å². The van der Waals surface area contributed by atoms with E-state index in [1.807, 2.05) is 24.3 Å². The van der Waals surface area contributed by atoms with Crippen molar-refractivity contribution in [1.82, 2.24) is 10.6 Å². The van der Waals surface area contributed by atoms with E-state index in [4.69, 9.17) is 26.2 Å². The number of amides is 1. The van der Waals surface area contributed by atoms with Gasteiger partial charge in [0, 0.05) is 30.6 Å². The Labute approximate surface area is 233 Å². The molecule has 10 heteroatoms. The topological polar surface area (TPSA) is 87.7 Å². The van der Waals surface area contributed by atoms with Gasteiger partial charge in [-0.15, -0.1) is 0 Å². The van der Waals surface area contributed by atoms with E-state index in [2.05, 4.69) is 55.7 Å². The molecule has 1 saturated carbocycles. The predicted molar refractivity (Wildman–Crippen MR) is 146 cm³/mol. The van der Waals surface area contributed by atoms with Gasteiger partial charge in [0.15, 0.2) is 0 Å². The Balaban J connectivity index is 0.000000673. The van der Waals surface area contributed by atoms with Crippen LogP contribution in [0.15, 0.2) is 48.5 Å². The second-order valence-corrected chi connectivity index (χ2v) is 10.5. The molecule has 2 aromatic carbocycles. The lowest BCUT2D eigenvalue weighted by molar-refractivity contribution is -0.192. The van der Waals surface area contributed by atoms with Gasteiger partial charge in [-0.2, -0.15) is 13.2 Å². The average Bonchev–Trinajstić information content (AvgIpc) is 2.88. The van der Waals surface area contributed by atoms with Crippen molar-refractivity contribution in [2.24, 2.45) is 11.8 Å². The maximum Gasteiger partial charge on any atom is 0.490 e. The molecule has 0 aliphatic heterocycles. The molecule has 4 atom stereocenters. The molecule has 1 aliphatic rings. The van der Waals surface area contributed by atoms with Crippen molar-refractivity contribution in [2.75, 3.05) is 20.3 Å². The van der Waals surface area contributed by atoms with Crippen LogP contribution < -0.4 is 10.6 Å². The number of hydrogen-bond acceptors (Lipinski definition) is 4. The van der Waals surface area contributed by atoms with Crippen molar-refractivity contribution in [3.8, 4) is 0 Å². The number of alkyl halides is 3. The lowest BCUT2D eigenvalue weighted by atomic mass is 9.72. The highest BCUT2D eigenvalue weighted by Gasteiger charge is 2.38. The molecule has 0 bridgehead atoms. The molecule has 1 aliphatic carbocycles. The highest BCUT2D eigenvalue weighted by molar-refractivity contribution is 6.30. The zero-order chi connectivity index (χ0) is 29.2. The molecule has 1 unspecified atom stereocenters. The van der Waals surface area contributed by atoms with Gasteiger partial charge in [0.25, 0.3) is 0 Å². The molecule has 39 heavy (non-hydrogen) atoms. The van der Waals surface area contributed by atoms with E-state index in [0.29, 0.717) is 17.7 Å². The van der Waals surface area contributed by atoms with Crippen LogP contribution >= 0.6 is 11.6 Å². The third-order valence-electron chi connectivity index (χ3n) is 6.95. The zero-order valence-electron chi connectivity index (χ0n) is 22.7. The van der Waals surface area contributed by atoms with Crippen molar-refractivity contribution in [3.05, 3.63) is 70.2 Å². The molecule has 3 rings (SSSR count). The summed E-state index contributed by atoms with van der Waals surface area (Å²) in [6.07, 6.45) is -2.25. The van der Waals surface area contributed by atoms with Gasteiger partial charge in [-0.1, -0.05) is 61.8 Å². The van der Waals surface area contributed by atoms with Crippen molar-refractivity contribution in [2.45, 2.75) is 64.2 Å². The number of carboxylic acids is 1. The van der Waals surface area contributed by atoms with Gasteiger partial charge in [0.2, 0.25) is 5.91 Å². The average molecular weight is 571 g/mol. The minimum absolute atomic E-state index is 0.0326. The summed E-state index contributed by atoms with van der Waals surface area (Å²) in [5, 5.41) is 14.8. The van der Waals surface area contributed by atoms with Crippen LogP contribution in [-0.4, -0.2) is 49.5 Å². The lowest BCUT2D eigenvalue weighted by Gasteiger charge is -2.38. The number of carbonyl (C=O) groups excluding carboxylic acids is 1. The summed E-state index contributed by atoms with van der Waals surface area (Å²) >= 11 is 6.08. The molecular weight excluding hydrogens is 533 g/mol. The van der Waals surface area contributed by atoms with E-state index >= 15 is 0 Å². The molecule has 216 valence electrons. The summed E-state index contributed by atoms with van der Waals surface area (Å²) < 4.78 is 36.9. The highest BCUT2D eigenvalue weighted by atomic mass is 35.5. The summed E-state index contributed by atoms with van der Waals surface area (Å²) in [4.78, 5) is 22.5. The number of aryl methyl sites for hydroxylation is 1. The van der Waals surface area contributed by atoms with Gasteiger partial charge in [-0.05, 0) is 66.8 Å². The van der Waals surface area contributed by atoms with Crippen molar-refractivity contribution >= 4 is 23.5 Å². The molecule has 1 fully saturated rings. The van der Waals surface area contributed by atoms with Crippen LogP contribution in [0.25, 0.3) is 0 Å². The molecule has 0 aromatic heterocycles. The van der Waals surface area contributed by atoms with Gasteiger partial charge in [-0.25, -0.2) is 4.79 Å². The minimum Gasteiger partial charge on any atom is -0.475 e. The Kier molecular flexibility index (Phi) is 12.7. The van der Waals surface area contributed by atoms with Gasteiger partial charge in [0.05, 0.1) is 12.6 Å². The van der Waals surface area contributed by atoms with Crippen LogP contribution in [0.2, 0.25) is 5.02 Å². The normalized spacial score (nSPS) is 20.1. The fourth-order valence-electron chi connectivity index (χ4n) is 4.95. The third kappa shape index (κ3) is 10.1. The molecule has 6 nitrogen and oxygen atoms in total. The molecule has 0 heterocycles. The monoisotopic (exact) mass is 570 g/mol. The van der Waals surface area contributed by atoms with E-state index in [1.165, 1.54) is 11.1 Å². The second kappa shape index (κ2) is 15.2. The number of halogens is 4. The Hall–Kier alpha value is -2.62. The maximum absolute atomic E-state index is 13.6. The largest absolute Gasteiger partial charge is 0.490 e. The fraction of sp³-hybridized carbons (Fsp3) is 0.517. The van der Waals surface area contributed by atoms with Crippen LogP contribution in [0, 0.1) is 18.8 Å². The Morgan fingerprint density at radius 3 is 2.26 bits per heavy atom. The smallest absolute Gasteiger partial charge is 0.475 e. The molecule has 0 saturated heterocycles. The molecular formula is C29H38ClF3N2O4. The van der Waals surface area contributed by atoms with Crippen LogP contribution in [0.4, 0.5) is 13.2 Å². The highest BCUT2D eigenvalue weighted by Crippen LogP contribution is 2.40. The molecule has 1 amide bonds. The number of nitrogens with one attached hydrogen (secondary N) is 2. The number of carboxylic acid groups (broad SMARTS) is 1.